The molecule has 4 nitrogen and oxygen atoms in total. The molecule has 0 aromatic heterocycles. The Morgan fingerprint density at radius 1 is 1.26 bits per heavy atom. The van der Waals surface area contributed by atoms with Gasteiger partial charge in [0.1, 0.15) is 6.10 Å². The number of likely N-dealkylation sites (N-methyl/N-ethyl adjacent to an activating group) is 1. The third-order valence-electron chi connectivity index (χ3n) is 7.34. The first kappa shape index (κ1) is 18.1. The van der Waals surface area contributed by atoms with Gasteiger partial charge in [-0.05, 0) is 44.1 Å². The SMILES string of the molecule is CN1CCC23c4c5ccc(O)c4O[C@H]2C=C[C@H](N(CCCl)CCCl)[C@H]3C1C5. The third-order valence-corrected chi connectivity index (χ3v) is 7.68. The summed E-state index contributed by atoms with van der Waals surface area (Å²) < 4.78 is 6.37. The largest absolute Gasteiger partial charge is 0.504 e. The average Bonchev–Trinajstić information content (AvgIpc) is 3.00. The first-order valence-electron chi connectivity index (χ1n) is 9.88. The second-order valence-electron chi connectivity index (χ2n) is 8.34. The number of benzene rings is 1. The third kappa shape index (κ3) is 2.37. The van der Waals surface area contributed by atoms with Crippen molar-refractivity contribution in [2.45, 2.75) is 36.4 Å². The van der Waals surface area contributed by atoms with Crippen LogP contribution in [0.2, 0.25) is 0 Å². The number of halogens is 2. The molecule has 6 heteroatoms. The Morgan fingerprint density at radius 3 is 2.78 bits per heavy atom. The molecule has 1 aromatic carbocycles. The van der Waals surface area contributed by atoms with Crippen LogP contribution in [0.25, 0.3) is 0 Å². The van der Waals surface area contributed by atoms with Crippen molar-refractivity contribution in [2.24, 2.45) is 5.92 Å². The van der Waals surface area contributed by atoms with Crippen molar-refractivity contribution in [3.63, 3.8) is 0 Å². The first-order chi connectivity index (χ1) is 13.1. The summed E-state index contributed by atoms with van der Waals surface area (Å²) in [6.45, 7) is 2.72. The molecule has 27 heavy (non-hydrogen) atoms. The molecule has 1 fully saturated rings. The number of aromatic hydroxyl groups is 1. The van der Waals surface area contributed by atoms with E-state index in [1.165, 1.54) is 11.1 Å². The molecule has 4 aliphatic rings. The number of piperidine rings is 1. The highest BCUT2D eigenvalue weighted by Gasteiger charge is 2.64. The molecule has 0 amide bonds. The minimum absolute atomic E-state index is 0.00570. The number of phenols is 1. The zero-order valence-corrected chi connectivity index (χ0v) is 17.1. The van der Waals surface area contributed by atoms with Crippen LogP contribution in [0.15, 0.2) is 24.3 Å². The van der Waals surface area contributed by atoms with E-state index in [-0.39, 0.29) is 23.3 Å². The Hall–Kier alpha value is -0.940. The van der Waals surface area contributed by atoms with Crippen LogP contribution in [0, 0.1) is 5.92 Å². The number of rotatable bonds is 5. The zero-order chi connectivity index (χ0) is 18.8. The van der Waals surface area contributed by atoms with E-state index in [1.54, 1.807) is 6.07 Å². The molecule has 2 unspecified atom stereocenters. The van der Waals surface area contributed by atoms with Gasteiger partial charge in [-0.3, -0.25) is 4.90 Å². The first-order valence-corrected chi connectivity index (χ1v) is 10.9. The standard InChI is InChI=1S/C21H26Cl2N2O2/c1-24-9-6-21-17-5-3-14(25(10-7-22)11-8-23)19(21)15(24)12-13-2-4-16(26)20(27-17)18(13)21/h2-5,14-15,17,19,26H,6-12H2,1H3/t14-,15?,17-,19-,21?/m0/s1. The molecule has 2 aliphatic carbocycles. The molecule has 2 bridgehead atoms. The Balaban J connectivity index is 1.69. The maximum Gasteiger partial charge on any atom is 0.166 e. The van der Waals surface area contributed by atoms with E-state index in [1.807, 2.05) is 0 Å². The molecular weight excluding hydrogens is 383 g/mol. The molecule has 1 saturated heterocycles. The van der Waals surface area contributed by atoms with Gasteiger partial charge in [0.25, 0.3) is 0 Å². The minimum Gasteiger partial charge on any atom is -0.504 e. The monoisotopic (exact) mass is 408 g/mol. The zero-order valence-electron chi connectivity index (χ0n) is 15.6. The van der Waals surface area contributed by atoms with E-state index >= 15 is 0 Å². The summed E-state index contributed by atoms with van der Waals surface area (Å²) in [5.74, 6) is 2.61. The van der Waals surface area contributed by atoms with Crippen LogP contribution >= 0.6 is 23.2 Å². The second-order valence-corrected chi connectivity index (χ2v) is 9.10. The van der Waals surface area contributed by atoms with Gasteiger partial charge in [0.15, 0.2) is 11.5 Å². The van der Waals surface area contributed by atoms with Gasteiger partial charge in [0, 0.05) is 53.8 Å². The molecule has 5 rings (SSSR count). The number of hydrogen-bond acceptors (Lipinski definition) is 4. The van der Waals surface area contributed by atoms with Gasteiger partial charge in [-0.2, -0.15) is 0 Å². The molecule has 1 aromatic rings. The highest BCUT2D eigenvalue weighted by molar-refractivity contribution is 6.18. The number of phenolic OH excluding ortho intramolecular Hbond substituents is 1. The lowest BCUT2D eigenvalue weighted by molar-refractivity contribution is -0.0408. The minimum atomic E-state index is -0.0604. The molecule has 1 N–H and O–H groups in total. The Morgan fingerprint density at radius 2 is 2.04 bits per heavy atom. The van der Waals surface area contributed by atoms with Crippen molar-refractivity contribution >= 4 is 23.2 Å². The second kappa shape index (κ2) is 6.55. The van der Waals surface area contributed by atoms with Crippen LogP contribution in [0.4, 0.5) is 0 Å². The Kier molecular flexibility index (Phi) is 4.39. The molecule has 2 heterocycles. The summed E-state index contributed by atoms with van der Waals surface area (Å²) >= 11 is 12.3. The van der Waals surface area contributed by atoms with Crippen LogP contribution in [0.1, 0.15) is 17.5 Å². The van der Waals surface area contributed by atoms with E-state index in [2.05, 4.69) is 35.1 Å². The Labute approximate surface area is 170 Å². The number of nitrogens with zero attached hydrogens (tertiary/aromatic N) is 2. The van der Waals surface area contributed by atoms with Crippen molar-refractivity contribution in [3.8, 4) is 11.5 Å². The Bertz CT molecular complexity index is 780. The average molecular weight is 409 g/mol. The van der Waals surface area contributed by atoms with Crippen LogP contribution in [0.5, 0.6) is 11.5 Å². The van der Waals surface area contributed by atoms with Gasteiger partial charge in [-0.15, -0.1) is 23.2 Å². The normalized spacial score (nSPS) is 36.0. The predicted molar refractivity (Wildman–Crippen MR) is 108 cm³/mol. The van der Waals surface area contributed by atoms with Gasteiger partial charge in [-0.1, -0.05) is 12.1 Å². The summed E-state index contributed by atoms with van der Waals surface area (Å²) in [6.07, 6.45) is 6.60. The molecule has 2 aliphatic heterocycles. The van der Waals surface area contributed by atoms with E-state index in [4.69, 9.17) is 27.9 Å². The summed E-state index contributed by atoms with van der Waals surface area (Å²) in [4.78, 5) is 4.96. The smallest absolute Gasteiger partial charge is 0.166 e. The van der Waals surface area contributed by atoms with Crippen LogP contribution in [-0.2, 0) is 11.8 Å². The molecule has 1 spiro atoms. The lowest BCUT2D eigenvalue weighted by Gasteiger charge is -2.59. The van der Waals surface area contributed by atoms with Crippen molar-refractivity contribution in [1.82, 2.24) is 9.80 Å². The lowest BCUT2D eigenvalue weighted by Crippen LogP contribution is -2.68. The summed E-state index contributed by atoms with van der Waals surface area (Å²) in [5, 5.41) is 10.5. The quantitative estimate of drug-likeness (QED) is 0.599. The van der Waals surface area contributed by atoms with E-state index < -0.39 is 0 Å². The van der Waals surface area contributed by atoms with Gasteiger partial charge in [-0.25, -0.2) is 0 Å². The van der Waals surface area contributed by atoms with Crippen molar-refractivity contribution < 1.29 is 9.84 Å². The fourth-order valence-electron chi connectivity index (χ4n) is 6.28. The van der Waals surface area contributed by atoms with Crippen molar-refractivity contribution in [1.29, 1.82) is 0 Å². The summed E-state index contributed by atoms with van der Waals surface area (Å²) in [6, 6.07) is 4.65. The van der Waals surface area contributed by atoms with Crippen molar-refractivity contribution in [3.05, 3.63) is 35.4 Å². The maximum atomic E-state index is 10.5. The lowest BCUT2D eigenvalue weighted by atomic mass is 9.52. The van der Waals surface area contributed by atoms with E-state index in [0.717, 1.165) is 38.2 Å². The van der Waals surface area contributed by atoms with Gasteiger partial charge >= 0.3 is 0 Å². The van der Waals surface area contributed by atoms with Crippen LogP contribution in [0.3, 0.4) is 0 Å². The van der Waals surface area contributed by atoms with Crippen LogP contribution in [-0.4, -0.2) is 71.5 Å². The number of alkyl halides is 2. The fraction of sp³-hybridized carbons (Fsp3) is 0.619. The van der Waals surface area contributed by atoms with E-state index in [0.29, 0.717) is 23.7 Å². The number of ether oxygens (including phenoxy) is 1. The summed E-state index contributed by atoms with van der Waals surface area (Å²) in [5.41, 5.74) is 2.55. The van der Waals surface area contributed by atoms with Gasteiger partial charge < -0.3 is 14.7 Å². The molecule has 0 radical (unpaired) electrons. The van der Waals surface area contributed by atoms with Gasteiger partial charge in [0.2, 0.25) is 0 Å². The molecule has 0 saturated carbocycles. The van der Waals surface area contributed by atoms with Crippen LogP contribution < -0.4 is 4.74 Å². The van der Waals surface area contributed by atoms with Gasteiger partial charge in [0.05, 0.1) is 0 Å². The van der Waals surface area contributed by atoms with E-state index in [9.17, 15) is 5.11 Å². The molecular formula is C21H26Cl2N2O2. The highest BCUT2D eigenvalue weighted by Crippen LogP contribution is 2.62. The number of likely N-dealkylation sites (tertiary alicyclic amines) is 1. The highest BCUT2D eigenvalue weighted by atomic mass is 35.5. The topological polar surface area (TPSA) is 35.9 Å². The fourth-order valence-corrected chi connectivity index (χ4v) is 6.72. The number of hydrogen-bond donors (Lipinski definition) is 1. The predicted octanol–water partition coefficient (Wildman–Crippen LogP) is 2.99. The molecule has 5 atom stereocenters. The van der Waals surface area contributed by atoms with Crippen molar-refractivity contribution in [2.75, 3.05) is 38.4 Å². The summed E-state index contributed by atoms with van der Waals surface area (Å²) in [7, 11) is 2.25. The molecule has 146 valence electrons. The maximum absolute atomic E-state index is 10.5.